The fourth-order valence-electron chi connectivity index (χ4n) is 3.87. The van der Waals surface area contributed by atoms with Crippen molar-refractivity contribution in [2.75, 3.05) is 26.7 Å². The summed E-state index contributed by atoms with van der Waals surface area (Å²) in [6.45, 7) is 6.02. The van der Waals surface area contributed by atoms with Crippen LogP contribution in [0.3, 0.4) is 0 Å². The number of nitrogens with zero attached hydrogens (tertiary/aromatic N) is 5. The van der Waals surface area contributed by atoms with E-state index in [1.165, 1.54) is 18.4 Å². The van der Waals surface area contributed by atoms with Gasteiger partial charge in [0.05, 0.1) is 12.7 Å². The zero-order valence-electron chi connectivity index (χ0n) is 14.7. The molecular weight excluding hydrogens is 306 g/mol. The number of hydrogen-bond acceptors (Lipinski definition) is 5. The third-order valence-corrected chi connectivity index (χ3v) is 4.85. The summed E-state index contributed by atoms with van der Waals surface area (Å²) < 4.78 is 1.88. The molecule has 24 heavy (non-hydrogen) atoms. The summed E-state index contributed by atoms with van der Waals surface area (Å²) in [6, 6.07) is 0.401. The van der Waals surface area contributed by atoms with Crippen LogP contribution in [-0.4, -0.2) is 61.4 Å². The molecule has 1 fully saturated rings. The third-order valence-electron chi connectivity index (χ3n) is 4.85. The number of aromatic nitrogens is 5. The fourth-order valence-corrected chi connectivity index (χ4v) is 3.87. The highest BCUT2D eigenvalue weighted by Gasteiger charge is 2.33. The van der Waals surface area contributed by atoms with E-state index in [0.717, 1.165) is 19.6 Å². The van der Waals surface area contributed by atoms with Crippen molar-refractivity contribution in [3.63, 3.8) is 0 Å². The van der Waals surface area contributed by atoms with Gasteiger partial charge in [0.2, 0.25) is 0 Å². The number of nitrogens with one attached hydrogen (secondary N) is 2. The molecule has 2 aromatic rings. The van der Waals surface area contributed by atoms with Gasteiger partial charge in [-0.25, -0.2) is 9.89 Å². The van der Waals surface area contributed by atoms with Gasteiger partial charge in [-0.05, 0) is 38.9 Å². The SMILES string of the molecule is CCN1CCC[C@@H](CN(C)Cc2n[nH]c(=O)[nH]2)[C@@H]1c1cnn(C)c1. The van der Waals surface area contributed by atoms with Crippen molar-refractivity contribution < 1.29 is 0 Å². The van der Waals surface area contributed by atoms with Crippen LogP contribution in [0.25, 0.3) is 0 Å². The Hall–Kier alpha value is -1.93. The van der Waals surface area contributed by atoms with Crippen LogP contribution in [0.5, 0.6) is 0 Å². The zero-order chi connectivity index (χ0) is 17.1. The van der Waals surface area contributed by atoms with Gasteiger partial charge in [-0.3, -0.25) is 19.5 Å². The van der Waals surface area contributed by atoms with Crippen molar-refractivity contribution in [2.45, 2.75) is 32.4 Å². The first-order valence-electron chi connectivity index (χ1n) is 8.61. The average molecular weight is 333 g/mol. The Morgan fingerprint density at radius 2 is 2.29 bits per heavy atom. The summed E-state index contributed by atoms with van der Waals surface area (Å²) in [5.41, 5.74) is 1.05. The van der Waals surface area contributed by atoms with Crippen LogP contribution in [0.4, 0.5) is 0 Å². The molecule has 0 aliphatic carbocycles. The lowest BCUT2D eigenvalue weighted by atomic mass is 9.85. The Morgan fingerprint density at radius 1 is 1.46 bits per heavy atom. The monoisotopic (exact) mass is 333 g/mol. The predicted octanol–water partition coefficient (Wildman–Crippen LogP) is 0.737. The second kappa shape index (κ2) is 7.31. The molecule has 1 aliphatic rings. The summed E-state index contributed by atoms with van der Waals surface area (Å²) in [5.74, 6) is 1.22. The molecule has 0 amide bonds. The number of rotatable bonds is 6. The van der Waals surface area contributed by atoms with E-state index in [1.54, 1.807) is 0 Å². The first kappa shape index (κ1) is 16.9. The van der Waals surface area contributed by atoms with Gasteiger partial charge in [0.25, 0.3) is 0 Å². The summed E-state index contributed by atoms with van der Waals surface area (Å²) in [6.07, 6.45) is 6.56. The van der Waals surface area contributed by atoms with E-state index in [1.807, 2.05) is 17.9 Å². The number of aryl methyl sites for hydroxylation is 1. The molecule has 3 rings (SSSR count). The Labute approximate surface area is 141 Å². The molecule has 1 aliphatic heterocycles. The molecule has 2 atom stereocenters. The molecule has 3 heterocycles. The van der Waals surface area contributed by atoms with Gasteiger partial charge >= 0.3 is 5.69 Å². The lowest BCUT2D eigenvalue weighted by Gasteiger charge is -2.42. The largest absolute Gasteiger partial charge is 0.340 e. The maximum Gasteiger partial charge on any atom is 0.340 e. The molecule has 132 valence electrons. The summed E-state index contributed by atoms with van der Waals surface area (Å²) >= 11 is 0. The second-order valence-electron chi connectivity index (χ2n) is 6.74. The molecule has 8 nitrogen and oxygen atoms in total. The van der Waals surface area contributed by atoms with Crippen LogP contribution >= 0.6 is 0 Å². The molecular formula is C16H27N7O. The molecule has 0 bridgehead atoms. The number of hydrogen-bond donors (Lipinski definition) is 2. The first-order valence-corrected chi connectivity index (χ1v) is 8.61. The lowest BCUT2D eigenvalue weighted by molar-refractivity contribution is 0.0744. The van der Waals surface area contributed by atoms with Crippen LogP contribution in [0.2, 0.25) is 0 Å². The Bertz CT molecular complexity index is 703. The van der Waals surface area contributed by atoms with Crippen LogP contribution < -0.4 is 5.69 Å². The Morgan fingerprint density at radius 3 is 2.92 bits per heavy atom. The molecule has 0 unspecified atom stereocenters. The Balaban J connectivity index is 1.72. The number of piperidine rings is 1. The summed E-state index contributed by atoms with van der Waals surface area (Å²) in [5, 5.41) is 10.8. The minimum atomic E-state index is -0.249. The highest BCUT2D eigenvalue weighted by molar-refractivity contribution is 5.13. The van der Waals surface area contributed by atoms with E-state index < -0.39 is 0 Å². The van der Waals surface area contributed by atoms with E-state index >= 15 is 0 Å². The van der Waals surface area contributed by atoms with E-state index in [4.69, 9.17) is 0 Å². The van der Waals surface area contributed by atoms with Crippen molar-refractivity contribution in [3.05, 3.63) is 34.3 Å². The van der Waals surface area contributed by atoms with E-state index in [0.29, 0.717) is 24.3 Å². The molecule has 0 radical (unpaired) electrons. The van der Waals surface area contributed by atoms with Gasteiger partial charge in [0.15, 0.2) is 0 Å². The zero-order valence-corrected chi connectivity index (χ0v) is 14.7. The van der Waals surface area contributed by atoms with Crippen molar-refractivity contribution in [2.24, 2.45) is 13.0 Å². The van der Waals surface area contributed by atoms with Gasteiger partial charge in [-0.15, -0.1) is 0 Å². The minimum absolute atomic E-state index is 0.249. The van der Waals surface area contributed by atoms with Crippen LogP contribution in [0.1, 0.15) is 37.2 Å². The number of likely N-dealkylation sites (tertiary alicyclic amines) is 1. The van der Waals surface area contributed by atoms with Crippen LogP contribution in [-0.2, 0) is 13.6 Å². The number of aromatic amines is 2. The quantitative estimate of drug-likeness (QED) is 0.814. The van der Waals surface area contributed by atoms with E-state index in [-0.39, 0.29) is 5.69 Å². The standard InChI is InChI=1S/C16H27N7O/c1-4-23-7-5-6-12(15(23)13-8-17-22(3)10-13)9-21(2)11-14-18-16(24)20-19-14/h8,10,12,15H,4-7,9,11H2,1-3H3,(H2,18,19,20,24)/t12-,15+/m0/s1. The normalized spacial score (nSPS) is 22.3. The maximum atomic E-state index is 11.2. The molecule has 1 saturated heterocycles. The smallest absolute Gasteiger partial charge is 0.299 e. The molecule has 0 spiro atoms. The predicted molar refractivity (Wildman–Crippen MR) is 91.5 cm³/mol. The van der Waals surface area contributed by atoms with Crippen LogP contribution in [0.15, 0.2) is 17.2 Å². The van der Waals surface area contributed by atoms with Gasteiger partial charge in [-0.2, -0.15) is 10.2 Å². The average Bonchev–Trinajstić information content (AvgIpc) is 3.15. The first-order chi connectivity index (χ1) is 11.6. The lowest BCUT2D eigenvalue weighted by Crippen LogP contribution is -2.42. The van der Waals surface area contributed by atoms with Crippen molar-refractivity contribution in [3.8, 4) is 0 Å². The van der Waals surface area contributed by atoms with Crippen LogP contribution in [0, 0.1) is 5.92 Å². The molecule has 8 heteroatoms. The third kappa shape index (κ3) is 3.76. The molecule has 0 saturated carbocycles. The molecule has 2 aromatic heterocycles. The maximum absolute atomic E-state index is 11.2. The van der Waals surface area contributed by atoms with Crippen molar-refractivity contribution in [1.29, 1.82) is 0 Å². The summed E-state index contributed by atoms with van der Waals surface area (Å²) in [7, 11) is 4.05. The highest BCUT2D eigenvalue weighted by Crippen LogP contribution is 2.36. The second-order valence-corrected chi connectivity index (χ2v) is 6.74. The fraction of sp³-hybridized carbons (Fsp3) is 0.688. The van der Waals surface area contributed by atoms with Gasteiger partial charge in [0, 0.05) is 31.4 Å². The van der Waals surface area contributed by atoms with Gasteiger partial charge in [0.1, 0.15) is 5.82 Å². The topological polar surface area (TPSA) is 85.8 Å². The minimum Gasteiger partial charge on any atom is -0.299 e. The molecule has 0 aromatic carbocycles. The highest BCUT2D eigenvalue weighted by atomic mass is 16.1. The van der Waals surface area contributed by atoms with Gasteiger partial charge < -0.3 is 0 Å². The Kier molecular flexibility index (Phi) is 5.15. The van der Waals surface area contributed by atoms with E-state index in [9.17, 15) is 4.79 Å². The molecule has 2 N–H and O–H groups in total. The van der Waals surface area contributed by atoms with Crippen molar-refractivity contribution >= 4 is 0 Å². The van der Waals surface area contributed by atoms with Gasteiger partial charge in [-0.1, -0.05) is 6.92 Å². The van der Waals surface area contributed by atoms with E-state index in [2.05, 4.69) is 50.2 Å². The van der Waals surface area contributed by atoms with Crippen molar-refractivity contribution in [1.82, 2.24) is 34.8 Å². The summed E-state index contributed by atoms with van der Waals surface area (Å²) in [4.78, 5) is 18.7. The number of H-pyrrole nitrogens is 2.